The number of para-hydroxylation sites is 1. The van der Waals surface area contributed by atoms with Crippen molar-refractivity contribution in [3.8, 4) is 0 Å². The molecule has 0 heterocycles. The van der Waals surface area contributed by atoms with Crippen molar-refractivity contribution in [2.45, 2.75) is 44.8 Å². The molecule has 0 bridgehead atoms. The van der Waals surface area contributed by atoms with Gasteiger partial charge in [-0.05, 0) is 44.2 Å². The number of rotatable bonds is 2. The summed E-state index contributed by atoms with van der Waals surface area (Å²) < 4.78 is 0. The number of nitrogens with one attached hydrogen (secondary N) is 2. The highest BCUT2D eigenvalue weighted by molar-refractivity contribution is 6.33. The van der Waals surface area contributed by atoms with Crippen molar-refractivity contribution < 1.29 is 9.90 Å². The molecular formula is C14H19ClN2O2. The Bertz CT molecular complexity index is 437. The molecule has 1 saturated carbocycles. The van der Waals surface area contributed by atoms with Crippen LogP contribution in [0.25, 0.3) is 0 Å². The van der Waals surface area contributed by atoms with Crippen LogP contribution in [0.3, 0.4) is 0 Å². The first-order chi connectivity index (χ1) is 9.06. The number of amides is 2. The van der Waals surface area contributed by atoms with Crippen LogP contribution in [0.4, 0.5) is 10.5 Å². The molecule has 1 aliphatic rings. The topological polar surface area (TPSA) is 61.4 Å². The summed E-state index contributed by atoms with van der Waals surface area (Å²) in [6.07, 6.45) is 2.91. The summed E-state index contributed by atoms with van der Waals surface area (Å²) in [4.78, 5) is 11.9. The van der Waals surface area contributed by atoms with E-state index >= 15 is 0 Å². The number of aryl methyl sites for hydroxylation is 1. The molecular weight excluding hydrogens is 264 g/mol. The van der Waals surface area contributed by atoms with Crippen molar-refractivity contribution in [2.24, 2.45) is 0 Å². The number of hydrogen-bond donors (Lipinski definition) is 3. The predicted octanol–water partition coefficient (Wildman–Crippen LogP) is 3.07. The first kappa shape index (κ1) is 14.2. The largest absolute Gasteiger partial charge is 0.393 e. The average Bonchev–Trinajstić information content (AvgIpc) is 2.37. The van der Waals surface area contributed by atoms with E-state index < -0.39 is 0 Å². The minimum Gasteiger partial charge on any atom is -0.393 e. The molecule has 104 valence electrons. The molecule has 2 amide bonds. The lowest BCUT2D eigenvalue weighted by atomic mass is 9.93. The van der Waals surface area contributed by atoms with Gasteiger partial charge in [0, 0.05) is 6.04 Å². The quantitative estimate of drug-likeness (QED) is 0.781. The van der Waals surface area contributed by atoms with E-state index in [1.165, 1.54) is 0 Å². The van der Waals surface area contributed by atoms with Crippen LogP contribution in [0.15, 0.2) is 18.2 Å². The Kier molecular flexibility index (Phi) is 4.66. The molecule has 0 spiro atoms. The van der Waals surface area contributed by atoms with Gasteiger partial charge < -0.3 is 15.7 Å². The molecule has 1 aromatic rings. The maximum absolute atomic E-state index is 11.9. The van der Waals surface area contributed by atoms with Crippen molar-refractivity contribution in [3.05, 3.63) is 28.8 Å². The number of hydrogen-bond acceptors (Lipinski definition) is 2. The zero-order chi connectivity index (χ0) is 13.8. The first-order valence-corrected chi connectivity index (χ1v) is 6.94. The molecule has 0 radical (unpaired) electrons. The fourth-order valence-corrected chi connectivity index (χ4v) is 2.61. The van der Waals surface area contributed by atoms with E-state index in [1.807, 2.05) is 19.1 Å². The third kappa shape index (κ3) is 3.85. The van der Waals surface area contributed by atoms with Gasteiger partial charge in [0.1, 0.15) is 0 Å². The van der Waals surface area contributed by atoms with Crippen LogP contribution in [0.1, 0.15) is 31.2 Å². The summed E-state index contributed by atoms with van der Waals surface area (Å²) in [6.45, 7) is 1.90. The zero-order valence-corrected chi connectivity index (χ0v) is 11.7. The van der Waals surface area contributed by atoms with E-state index in [1.54, 1.807) is 6.07 Å². The maximum atomic E-state index is 11.9. The van der Waals surface area contributed by atoms with Gasteiger partial charge in [0.2, 0.25) is 0 Å². The van der Waals surface area contributed by atoms with Crippen LogP contribution in [-0.4, -0.2) is 23.3 Å². The number of benzene rings is 1. The molecule has 0 atom stereocenters. The number of aliphatic hydroxyl groups excluding tert-OH is 1. The fourth-order valence-electron chi connectivity index (χ4n) is 2.35. The molecule has 0 aromatic heterocycles. The lowest BCUT2D eigenvalue weighted by molar-refractivity contribution is 0.118. The van der Waals surface area contributed by atoms with Gasteiger partial charge in [0.15, 0.2) is 0 Å². The van der Waals surface area contributed by atoms with E-state index in [-0.39, 0.29) is 18.2 Å². The standard InChI is InChI=1S/C14H19ClN2O2/c1-9-3-2-4-12(15)13(9)17-14(19)16-10-5-7-11(18)8-6-10/h2-4,10-11,18H,5-8H2,1H3,(H2,16,17,19). The number of aliphatic hydroxyl groups is 1. The molecule has 2 rings (SSSR count). The second kappa shape index (κ2) is 6.26. The van der Waals surface area contributed by atoms with E-state index in [0.29, 0.717) is 10.7 Å². The highest BCUT2D eigenvalue weighted by Gasteiger charge is 2.21. The predicted molar refractivity (Wildman–Crippen MR) is 76.6 cm³/mol. The van der Waals surface area contributed by atoms with E-state index in [0.717, 1.165) is 31.2 Å². The van der Waals surface area contributed by atoms with Gasteiger partial charge in [-0.25, -0.2) is 4.79 Å². The summed E-state index contributed by atoms with van der Waals surface area (Å²) >= 11 is 6.06. The van der Waals surface area contributed by atoms with Crippen LogP contribution >= 0.6 is 11.6 Å². The van der Waals surface area contributed by atoms with Crippen molar-refractivity contribution >= 4 is 23.3 Å². The Balaban J connectivity index is 1.91. The molecule has 0 unspecified atom stereocenters. The SMILES string of the molecule is Cc1cccc(Cl)c1NC(=O)NC1CCC(O)CC1. The van der Waals surface area contributed by atoms with Gasteiger partial charge >= 0.3 is 6.03 Å². The lowest BCUT2D eigenvalue weighted by Gasteiger charge is -2.26. The number of urea groups is 1. The zero-order valence-electron chi connectivity index (χ0n) is 10.9. The normalized spacial score (nSPS) is 22.9. The van der Waals surface area contributed by atoms with Gasteiger partial charge in [-0.2, -0.15) is 0 Å². The number of halogens is 1. The van der Waals surface area contributed by atoms with E-state index in [4.69, 9.17) is 11.6 Å². The van der Waals surface area contributed by atoms with Gasteiger partial charge in [-0.3, -0.25) is 0 Å². The number of anilines is 1. The maximum Gasteiger partial charge on any atom is 0.319 e. The molecule has 0 aliphatic heterocycles. The van der Waals surface area contributed by atoms with Crippen molar-refractivity contribution in [1.82, 2.24) is 5.32 Å². The molecule has 3 N–H and O–H groups in total. The monoisotopic (exact) mass is 282 g/mol. The highest BCUT2D eigenvalue weighted by atomic mass is 35.5. The molecule has 19 heavy (non-hydrogen) atoms. The summed E-state index contributed by atoms with van der Waals surface area (Å²) in [5.41, 5.74) is 1.58. The molecule has 1 aliphatic carbocycles. The van der Waals surface area contributed by atoms with Crippen LogP contribution in [0.5, 0.6) is 0 Å². The minimum absolute atomic E-state index is 0.131. The average molecular weight is 283 g/mol. The molecule has 1 aromatic carbocycles. The molecule has 5 heteroatoms. The number of carbonyl (C=O) groups excluding carboxylic acids is 1. The Hall–Kier alpha value is -1.26. The Morgan fingerprint density at radius 2 is 2.00 bits per heavy atom. The van der Waals surface area contributed by atoms with Crippen molar-refractivity contribution in [2.75, 3.05) is 5.32 Å². The third-order valence-electron chi connectivity index (χ3n) is 3.49. The lowest BCUT2D eigenvalue weighted by Crippen LogP contribution is -2.41. The van der Waals surface area contributed by atoms with Crippen LogP contribution in [0.2, 0.25) is 5.02 Å². The number of carbonyl (C=O) groups is 1. The van der Waals surface area contributed by atoms with Gasteiger partial charge in [-0.15, -0.1) is 0 Å². The van der Waals surface area contributed by atoms with Crippen molar-refractivity contribution in [3.63, 3.8) is 0 Å². The van der Waals surface area contributed by atoms with Crippen LogP contribution < -0.4 is 10.6 Å². The van der Waals surface area contributed by atoms with Gasteiger partial charge in [-0.1, -0.05) is 23.7 Å². The third-order valence-corrected chi connectivity index (χ3v) is 3.81. The molecule has 1 fully saturated rings. The fraction of sp³-hybridized carbons (Fsp3) is 0.500. The van der Waals surface area contributed by atoms with Crippen LogP contribution in [-0.2, 0) is 0 Å². The summed E-state index contributed by atoms with van der Waals surface area (Å²) in [7, 11) is 0. The Morgan fingerprint density at radius 1 is 1.32 bits per heavy atom. The minimum atomic E-state index is -0.238. The highest BCUT2D eigenvalue weighted by Crippen LogP contribution is 2.25. The summed E-state index contributed by atoms with van der Waals surface area (Å²) in [5.74, 6) is 0. The molecule has 0 saturated heterocycles. The smallest absolute Gasteiger partial charge is 0.319 e. The van der Waals surface area contributed by atoms with E-state index in [9.17, 15) is 9.90 Å². The summed E-state index contributed by atoms with van der Waals surface area (Å²) in [5, 5.41) is 15.7. The van der Waals surface area contributed by atoms with Crippen molar-refractivity contribution in [1.29, 1.82) is 0 Å². The molecule has 4 nitrogen and oxygen atoms in total. The van der Waals surface area contributed by atoms with Crippen LogP contribution in [0, 0.1) is 6.92 Å². The Morgan fingerprint density at radius 3 is 2.63 bits per heavy atom. The second-order valence-electron chi connectivity index (χ2n) is 5.04. The second-order valence-corrected chi connectivity index (χ2v) is 5.44. The first-order valence-electron chi connectivity index (χ1n) is 6.57. The van der Waals surface area contributed by atoms with Gasteiger partial charge in [0.05, 0.1) is 16.8 Å². The van der Waals surface area contributed by atoms with Gasteiger partial charge in [0.25, 0.3) is 0 Å². The van der Waals surface area contributed by atoms with E-state index in [2.05, 4.69) is 10.6 Å². The Labute approximate surface area is 118 Å². The summed E-state index contributed by atoms with van der Waals surface area (Å²) in [6, 6.07) is 5.40.